The molecular formula is C12H11ClFN3. The van der Waals surface area contributed by atoms with Gasteiger partial charge in [-0.1, -0.05) is 11.6 Å². The standard InChI is InChI=1S/C12H11ClFN3/c1-6-7(2)17-12(15)11(16-6)9-5-8(14)3-4-10(9)13/h3-5H,1-2H3,(H2,15,17). The minimum atomic E-state index is -0.385. The molecule has 0 amide bonds. The summed E-state index contributed by atoms with van der Waals surface area (Å²) in [5.74, 6) is -0.135. The Balaban J connectivity index is 2.68. The fraction of sp³-hybridized carbons (Fsp3) is 0.167. The Bertz CT molecular complexity index is 584. The second kappa shape index (κ2) is 4.30. The van der Waals surface area contributed by atoms with Crippen LogP contribution in [0, 0.1) is 19.7 Å². The minimum Gasteiger partial charge on any atom is -0.382 e. The van der Waals surface area contributed by atoms with Crippen LogP contribution in [-0.4, -0.2) is 9.97 Å². The van der Waals surface area contributed by atoms with Gasteiger partial charge in [-0.25, -0.2) is 14.4 Å². The van der Waals surface area contributed by atoms with Crippen LogP contribution < -0.4 is 5.73 Å². The Labute approximate surface area is 103 Å². The van der Waals surface area contributed by atoms with Crippen molar-refractivity contribution in [2.24, 2.45) is 0 Å². The van der Waals surface area contributed by atoms with Crippen molar-refractivity contribution in [2.75, 3.05) is 5.73 Å². The summed E-state index contributed by atoms with van der Waals surface area (Å²) in [7, 11) is 0. The predicted molar refractivity (Wildman–Crippen MR) is 66.3 cm³/mol. The predicted octanol–water partition coefficient (Wildman–Crippen LogP) is 3.14. The summed E-state index contributed by atoms with van der Waals surface area (Å²) in [6.07, 6.45) is 0. The molecule has 88 valence electrons. The number of rotatable bonds is 1. The number of benzene rings is 1. The molecule has 0 aliphatic rings. The van der Waals surface area contributed by atoms with E-state index >= 15 is 0 Å². The summed E-state index contributed by atoms with van der Waals surface area (Å²) in [6.45, 7) is 3.63. The Kier molecular flexibility index (Phi) is 2.98. The van der Waals surface area contributed by atoms with Crippen molar-refractivity contribution < 1.29 is 4.39 Å². The lowest BCUT2D eigenvalue weighted by atomic mass is 10.1. The van der Waals surface area contributed by atoms with E-state index in [0.29, 0.717) is 16.3 Å². The van der Waals surface area contributed by atoms with E-state index in [4.69, 9.17) is 17.3 Å². The van der Waals surface area contributed by atoms with Gasteiger partial charge in [0.1, 0.15) is 17.3 Å². The number of halogens is 2. The maximum absolute atomic E-state index is 13.2. The number of anilines is 1. The van der Waals surface area contributed by atoms with Crippen LogP contribution in [-0.2, 0) is 0 Å². The van der Waals surface area contributed by atoms with E-state index in [0.717, 1.165) is 11.4 Å². The van der Waals surface area contributed by atoms with Crippen LogP contribution >= 0.6 is 11.6 Å². The molecule has 0 aliphatic heterocycles. The summed E-state index contributed by atoms with van der Waals surface area (Å²) in [6, 6.07) is 4.07. The Morgan fingerprint density at radius 2 is 1.82 bits per heavy atom. The third-order valence-corrected chi connectivity index (χ3v) is 2.85. The van der Waals surface area contributed by atoms with Crippen LogP contribution in [0.5, 0.6) is 0 Å². The molecule has 0 saturated carbocycles. The highest BCUT2D eigenvalue weighted by molar-refractivity contribution is 6.33. The zero-order chi connectivity index (χ0) is 12.6. The zero-order valence-electron chi connectivity index (χ0n) is 9.46. The van der Waals surface area contributed by atoms with Gasteiger partial charge in [0, 0.05) is 5.56 Å². The van der Waals surface area contributed by atoms with Crippen LogP contribution in [0.2, 0.25) is 5.02 Å². The van der Waals surface area contributed by atoms with Crippen molar-refractivity contribution in [1.82, 2.24) is 9.97 Å². The molecule has 5 heteroatoms. The normalized spacial score (nSPS) is 10.6. The molecule has 0 fully saturated rings. The third-order valence-electron chi connectivity index (χ3n) is 2.52. The Morgan fingerprint density at radius 1 is 1.18 bits per heavy atom. The van der Waals surface area contributed by atoms with Crippen LogP contribution in [0.3, 0.4) is 0 Å². The van der Waals surface area contributed by atoms with Crippen molar-refractivity contribution >= 4 is 17.4 Å². The molecule has 0 radical (unpaired) electrons. The highest BCUT2D eigenvalue weighted by Crippen LogP contribution is 2.30. The van der Waals surface area contributed by atoms with Crippen molar-refractivity contribution in [3.63, 3.8) is 0 Å². The van der Waals surface area contributed by atoms with Crippen LogP contribution in [0.1, 0.15) is 11.4 Å². The Hall–Kier alpha value is -1.68. The lowest BCUT2D eigenvalue weighted by molar-refractivity contribution is 0.628. The quantitative estimate of drug-likeness (QED) is 0.847. The van der Waals surface area contributed by atoms with E-state index in [-0.39, 0.29) is 11.6 Å². The van der Waals surface area contributed by atoms with Gasteiger partial charge in [-0.2, -0.15) is 0 Å². The summed E-state index contributed by atoms with van der Waals surface area (Å²) >= 11 is 6.00. The molecule has 2 aromatic rings. The van der Waals surface area contributed by atoms with Crippen molar-refractivity contribution in [3.8, 4) is 11.3 Å². The van der Waals surface area contributed by atoms with Gasteiger partial charge in [-0.05, 0) is 32.0 Å². The lowest BCUT2D eigenvalue weighted by Gasteiger charge is -2.09. The van der Waals surface area contributed by atoms with Gasteiger partial charge < -0.3 is 5.73 Å². The van der Waals surface area contributed by atoms with E-state index in [9.17, 15) is 4.39 Å². The molecule has 3 nitrogen and oxygen atoms in total. The first-order chi connectivity index (χ1) is 7.99. The number of aryl methyl sites for hydroxylation is 2. The number of hydrogen-bond donors (Lipinski definition) is 1. The topological polar surface area (TPSA) is 51.8 Å². The summed E-state index contributed by atoms with van der Waals surface area (Å²) < 4.78 is 13.2. The van der Waals surface area contributed by atoms with Gasteiger partial charge in [0.15, 0.2) is 0 Å². The second-order valence-corrected chi connectivity index (χ2v) is 4.16. The number of nitrogen functional groups attached to an aromatic ring is 1. The number of nitrogens with zero attached hydrogens (tertiary/aromatic N) is 2. The van der Waals surface area contributed by atoms with Crippen molar-refractivity contribution in [1.29, 1.82) is 0 Å². The van der Waals surface area contributed by atoms with Crippen LogP contribution in [0.15, 0.2) is 18.2 Å². The number of aromatic nitrogens is 2. The first-order valence-corrected chi connectivity index (χ1v) is 5.43. The molecule has 1 aromatic heterocycles. The molecule has 0 aliphatic carbocycles. The molecule has 17 heavy (non-hydrogen) atoms. The van der Waals surface area contributed by atoms with Gasteiger partial charge in [0.25, 0.3) is 0 Å². The fourth-order valence-electron chi connectivity index (χ4n) is 1.50. The third kappa shape index (κ3) is 2.22. The van der Waals surface area contributed by atoms with Gasteiger partial charge >= 0.3 is 0 Å². The van der Waals surface area contributed by atoms with Crippen molar-refractivity contribution in [3.05, 3.63) is 40.4 Å². The minimum absolute atomic E-state index is 0.251. The van der Waals surface area contributed by atoms with Crippen molar-refractivity contribution in [2.45, 2.75) is 13.8 Å². The summed E-state index contributed by atoms with van der Waals surface area (Å²) in [5.41, 5.74) is 8.15. The number of hydrogen-bond acceptors (Lipinski definition) is 3. The SMILES string of the molecule is Cc1nc(N)c(-c2cc(F)ccc2Cl)nc1C. The van der Waals surface area contributed by atoms with Crippen LogP contribution in [0.25, 0.3) is 11.3 Å². The van der Waals surface area contributed by atoms with Crippen LogP contribution in [0.4, 0.5) is 10.2 Å². The van der Waals surface area contributed by atoms with Gasteiger partial charge in [0.2, 0.25) is 0 Å². The van der Waals surface area contributed by atoms with Gasteiger partial charge in [-0.3, -0.25) is 0 Å². The molecule has 0 bridgehead atoms. The number of nitrogens with two attached hydrogens (primary N) is 1. The smallest absolute Gasteiger partial charge is 0.150 e. The molecule has 0 spiro atoms. The van der Waals surface area contributed by atoms with E-state index in [1.54, 1.807) is 0 Å². The molecule has 0 unspecified atom stereocenters. The highest BCUT2D eigenvalue weighted by Gasteiger charge is 2.12. The zero-order valence-corrected chi connectivity index (χ0v) is 10.2. The first kappa shape index (κ1) is 11.8. The van der Waals surface area contributed by atoms with E-state index < -0.39 is 0 Å². The molecule has 0 saturated heterocycles. The largest absolute Gasteiger partial charge is 0.382 e. The van der Waals surface area contributed by atoms with E-state index in [1.165, 1.54) is 18.2 Å². The van der Waals surface area contributed by atoms with E-state index in [1.807, 2.05) is 13.8 Å². The molecule has 0 atom stereocenters. The highest BCUT2D eigenvalue weighted by atomic mass is 35.5. The summed E-state index contributed by atoms with van der Waals surface area (Å²) in [4.78, 5) is 8.46. The summed E-state index contributed by atoms with van der Waals surface area (Å²) in [5, 5.41) is 0.399. The lowest BCUT2D eigenvalue weighted by Crippen LogP contribution is -2.02. The molecule has 2 rings (SSSR count). The van der Waals surface area contributed by atoms with Gasteiger partial charge in [0.05, 0.1) is 16.4 Å². The first-order valence-electron chi connectivity index (χ1n) is 5.05. The maximum atomic E-state index is 13.2. The molecular weight excluding hydrogens is 241 g/mol. The maximum Gasteiger partial charge on any atom is 0.150 e. The molecule has 2 N–H and O–H groups in total. The van der Waals surface area contributed by atoms with Gasteiger partial charge in [-0.15, -0.1) is 0 Å². The monoisotopic (exact) mass is 251 g/mol. The molecule has 1 aromatic carbocycles. The average Bonchev–Trinajstić information content (AvgIpc) is 2.27. The second-order valence-electron chi connectivity index (χ2n) is 3.75. The molecule has 1 heterocycles. The average molecular weight is 252 g/mol. The fourth-order valence-corrected chi connectivity index (χ4v) is 1.70. The Morgan fingerprint density at radius 3 is 2.53 bits per heavy atom. The van der Waals surface area contributed by atoms with E-state index in [2.05, 4.69) is 9.97 Å².